The molecule has 2 aromatic heterocycles. The van der Waals surface area contributed by atoms with Gasteiger partial charge in [-0.15, -0.1) is 0 Å². The van der Waals surface area contributed by atoms with Gasteiger partial charge in [-0.3, -0.25) is 9.36 Å². The largest absolute Gasteiger partial charge is 0.478 e. The summed E-state index contributed by atoms with van der Waals surface area (Å²) in [5.74, 6) is -0.881. The van der Waals surface area contributed by atoms with Crippen LogP contribution in [0.3, 0.4) is 0 Å². The monoisotopic (exact) mass is 548 g/mol. The molecule has 3 heterocycles. The van der Waals surface area contributed by atoms with Gasteiger partial charge in [0.25, 0.3) is 5.56 Å². The molecule has 38 heavy (non-hydrogen) atoms. The molecule has 0 amide bonds. The van der Waals surface area contributed by atoms with Crippen LogP contribution in [0.5, 0.6) is 0 Å². The van der Waals surface area contributed by atoms with Crippen LogP contribution in [0.15, 0.2) is 86.1 Å². The molecule has 0 unspecified atom stereocenters. The molecule has 0 saturated heterocycles. The summed E-state index contributed by atoms with van der Waals surface area (Å²) in [7, 11) is 0. The number of carboxylic acids is 1. The molecule has 2 aromatic carbocycles. The zero-order valence-corrected chi connectivity index (χ0v) is 21.9. The summed E-state index contributed by atoms with van der Waals surface area (Å²) in [4.78, 5) is 43.2. The van der Waals surface area contributed by atoms with Crippen molar-refractivity contribution in [3.05, 3.63) is 114 Å². The van der Waals surface area contributed by atoms with E-state index in [0.717, 1.165) is 11.3 Å². The molecular formula is C28H21ClN2O6S. The van der Waals surface area contributed by atoms with Gasteiger partial charge in [0.2, 0.25) is 0 Å². The van der Waals surface area contributed by atoms with Gasteiger partial charge in [-0.25, -0.2) is 14.6 Å². The number of rotatable bonds is 6. The lowest BCUT2D eigenvalue weighted by molar-refractivity contribution is -0.139. The van der Waals surface area contributed by atoms with E-state index < -0.39 is 18.0 Å². The van der Waals surface area contributed by atoms with Crippen molar-refractivity contribution in [3.63, 3.8) is 0 Å². The standard InChI is InChI=1S/C28H21ClN2O6S/c1-3-36-27(35)23-15(2)30-28-31(24(23)16-8-10-17(29)11-9-16)25(32)22(38-28)14-18-12-13-21(37-18)19-6-4-5-7-20(19)26(33)34/h4-14,24H,3H2,1-2H3,(H,33,34)/b22-14+/t24-/m1/s1. The van der Waals surface area contributed by atoms with Crippen LogP contribution in [0.25, 0.3) is 17.4 Å². The third kappa shape index (κ3) is 4.62. The molecule has 0 bridgehead atoms. The highest BCUT2D eigenvalue weighted by molar-refractivity contribution is 7.07. The van der Waals surface area contributed by atoms with Gasteiger partial charge in [0, 0.05) is 16.7 Å². The number of hydrogen-bond acceptors (Lipinski definition) is 7. The molecule has 192 valence electrons. The molecule has 1 atom stereocenters. The van der Waals surface area contributed by atoms with Gasteiger partial charge < -0.3 is 14.3 Å². The van der Waals surface area contributed by atoms with Crippen LogP contribution in [-0.2, 0) is 9.53 Å². The first kappa shape index (κ1) is 25.4. The van der Waals surface area contributed by atoms with Crippen molar-refractivity contribution >= 4 is 41.0 Å². The molecule has 10 heteroatoms. The van der Waals surface area contributed by atoms with E-state index in [0.29, 0.717) is 42.7 Å². The molecule has 0 saturated carbocycles. The van der Waals surface area contributed by atoms with Crippen molar-refractivity contribution in [3.8, 4) is 11.3 Å². The fraction of sp³-hybridized carbons (Fsp3) is 0.143. The Kier molecular flexibility index (Phi) is 6.88. The van der Waals surface area contributed by atoms with E-state index in [1.54, 1.807) is 74.5 Å². The maximum absolute atomic E-state index is 13.7. The van der Waals surface area contributed by atoms with E-state index in [1.807, 2.05) is 0 Å². The second-order valence-corrected chi connectivity index (χ2v) is 9.85. The van der Waals surface area contributed by atoms with Gasteiger partial charge >= 0.3 is 11.9 Å². The third-order valence-corrected chi connectivity index (χ3v) is 7.26. The number of furan rings is 1. The number of benzene rings is 2. The van der Waals surface area contributed by atoms with Gasteiger partial charge in [0.1, 0.15) is 11.5 Å². The summed E-state index contributed by atoms with van der Waals surface area (Å²) >= 11 is 7.25. The number of carbonyl (C=O) groups excluding carboxylic acids is 1. The average molecular weight is 549 g/mol. The second kappa shape index (κ2) is 10.3. The smallest absolute Gasteiger partial charge is 0.338 e. The number of esters is 1. The van der Waals surface area contributed by atoms with Crippen molar-refractivity contribution in [2.75, 3.05) is 6.61 Å². The molecule has 5 rings (SSSR count). The number of fused-ring (bicyclic) bond motifs is 1. The molecule has 0 aliphatic carbocycles. The zero-order chi connectivity index (χ0) is 27.0. The number of allylic oxidation sites excluding steroid dienone is 1. The number of aromatic nitrogens is 1. The van der Waals surface area contributed by atoms with E-state index in [9.17, 15) is 19.5 Å². The fourth-order valence-corrected chi connectivity index (χ4v) is 5.49. The lowest BCUT2D eigenvalue weighted by Crippen LogP contribution is -2.39. The minimum Gasteiger partial charge on any atom is -0.478 e. The van der Waals surface area contributed by atoms with Crippen LogP contribution in [-0.4, -0.2) is 28.2 Å². The predicted octanol–water partition coefficient (Wildman–Crippen LogP) is 4.41. The molecule has 1 aliphatic heterocycles. The van der Waals surface area contributed by atoms with E-state index in [-0.39, 0.29) is 23.3 Å². The highest BCUT2D eigenvalue weighted by atomic mass is 35.5. The van der Waals surface area contributed by atoms with Crippen LogP contribution >= 0.6 is 22.9 Å². The Labute approximate surface area is 225 Å². The second-order valence-electron chi connectivity index (χ2n) is 8.41. The topological polar surface area (TPSA) is 111 Å². The Bertz CT molecular complexity index is 1780. The van der Waals surface area contributed by atoms with E-state index >= 15 is 0 Å². The number of thiazole rings is 1. The Hall–Kier alpha value is -4.21. The molecule has 8 nitrogen and oxygen atoms in total. The van der Waals surface area contributed by atoms with Crippen LogP contribution in [0.4, 0.5) is 0 Å². The summed E-state index contributed by atoms with van der Waals surface area (Å²) in [6.07, 6.45) is 1.58. The zero-order valence-electron chi connectivity index (χ0n) is 20.3. The minimum atomic E-state index is -1.07. The maximum atomic E-state index is 13.7. The number of aromatic carboxylic acids is 1. The molecule has 0 spiro atoms. The molecule has 0 radical (unpaired) electrons. The number of hydrogen-bond donors (Lipinski definition) is 1. The molecule has 1 N–H and O–H groups in total. The Morgan fingerprint density at radius 3 is 2.61 bits per heavy atom. The first-order chi connectivity index (χ1) is 18.3. The molecule has 4 aromatic rings. The first-order valence-corrected chi connectivity index (χ1v) is 12.9. The molecular weight excluding hydrogens is 528 g/mol. The van der Waals surface area contributed by atoms with Gasteiger partial charge in [-0.05, 0) is 49.7 Å². The quantitative estimate of drug-likeness (QED) is 0.357. The number of carboxylic acid groups (broad SMARTS) is 1. The van der Waals surface area contributed by atoms with Gasteiger partial charge in [0.15, 0.2) is 4.80 Å². The van der Waals surface area contributed by atoms with E-state index in [1.165, 1.54) is 10.6 Å². The number of carbonyl (C=O) groups is 2. The van der Waals surface area contributed by atoms with Gasteiger partial charge in [-0.2, -0.15) is 0 Å². The lowest BCUT2D eigenvalue weighted by Gasteiger charge is -2.24. The van der Waals surface area contributed by atoms with Crippen molar-refractivity contribution in [2.45, 2.75) is 19.9 Å². The highest BCUT2D eigenvalue weighted by Crippen LogP contribution is 2.31. The normalized spacial score (nSPS) is 15.2. The number of ether oxygens (including phenoxy) is 1. The Morgan fingerprint density at radius 2 is 1.89 bits per heavy atom. The Morgan fingerprint density at radius 1 is 1.16 bits per heavy atom. The van der Waals surface area contributed by atoms with E-state index in [4.69, 9.17) is 20.8 Å². The van der Waals surface area contributed by atoms with Crippen LogP contribution in [0, 0.1) is 0 Å². The highest BCUT2D eigenvalue weighted by Gasteiger charge is 2.33. The van der Waals surface area contributed by atoms with Crippen LogP contribution in [0.2, 0.25) is 5.02 Å². The minimum absolute atomic E-state index is 0.109. The van der Waals surface area contributed by atoms with Crippen molar-refractivity contribution in [1.82, 2.24) is 4.57 Å². The Balaban J connectivity index is 1.64. The predicted molar refractivity (Wildman–Crippen MR) is 143 cm³/mol. The summed E-state index contributed by atoms with van der Waals surface area (Å²) in [5, 5.41) is 10.0. The van der Waals surface area contributed by atoms with Crippen LogP contribution in [0.1, 0.15) is 41.6 Å². The van der Waals surface area contributed by atoms with Gasteiger partial charge in [0.05, 0.1) is 34.0 Å². The average Bonchev–Trinajstić information content (AvgIpc) is 3.48. The number of halogens is 1. The van der Waals surface area contributed by atoms with Gasteiger partial charge in [-0.1, -0.05) is 53.3 Å². The SMILES string of the molecule is CCOC(=O)C1=C(C)N=c2s/c(=C/c3ccc(-c4ccccc4C(=O)O)o3)c(=O)n2[C@@H]1c1ccc(Cl)cc1. The maximum Gasteiger partial charge on any atom is 0.338 e. The summed E-state index contributed by atoms with van der Waals surface area (Å²) in [5.41, 5.74) is 1.61. The molecule has 1 aliphatic rings. The first-order valence-electron chi connectivity index (χ1n) is 11.7. The van der Waals surface area contributed by atoms with Crippen LogP contribution < -0.4 is 14.9 Å². The van der Waals surface area contributed by atoms with Crippen molar-refractivity contribution in [1.29, 1.82) is 0 Å². The summed E-state index contributed by atoms with van der Waals surface area (Å²) < 4.78 is 13.0. The third-order valence-electron chi connectivity index (χ3n) is 6.03. The van der Waals surface area contributed by atoms with Crippen molar-refractivity contribution < 1.29 is 23.8 Å². The van der Waals surface area contributed by atoms with E-state index in [2.05, 4.69) is 4.99 Å². The summed E-state index contributed by atoms with van der Waals surface area (Å²) in [6, 6.07) is 16.0. The fourth-order valence-electron chi connectivity index (χ4n) is 4.34. The molecule has 0 fully saturated rings. The number of nitrogens with zero attached hydrogens (tertiary/aromatic N) is 2. The van der Waals surface area contributed by atoms with Crippen molar-refractivity contribution in [2.24, 2.45) is 4.99 Å². The lowest BCUT2D eigenvalue weighted by atomic mass is 9.96. The summed E-state index contributed by atoms with van der Waals surface area (Å²) in [6.45, 7) is 3.61.